The van der Waals surface area contributed by atoms with Gasteiger partial charge in [-0.05, 0) is 55.1 Å². The molecule has 0 radical (unpaired) electrons. The highest BCUT2D eigenvalue weighted by atomic mass is 32.2. The molecule has 0 spiro atoms. The van der Waals surface area contributed by atoms with E-state index in [9.17, 15) is 14.4 Å². The lowest BCUT2D eigenvalue weighted by Crippen LogP contribution is -2.23. The third-order valence-corrected chi connectivity index (χ3v) is 6.67. The van der Waals surface area contributed by atoms with Crippen LogP contribution in [0.25, 0.3) is 15.9 Å². The van der Waals surface area contributed by atoms with Gasteiger partial charge in [0.2, 0.25) is 11.8 Å². The summed E-state index contributed by atoms with van der Waals surface area (Å²) in [5, 5.41) is 7.82. The first-order chi connectivity index (χ1) is 15.8. The fraction of sp³-hybridized carbons (Fsp3) is 0.167. The molecule has 7 nitrogen and oxygen atoms in total. The molecule has 0 unspecified atom stereocenters. The van der Waals surface area contributed by atoms with Crippen LogP contribution in [0.5, 0.6) is 0 Å². The SMILES string of the molecule is CC(=O)Nc1cccc(NC(=O)CSc2nc3ccsc3c(=O)n2-c2ccc(C)cc2C)c1. The maximum Gasteiger partial charge on any atom is 0.276 e. The second-order valence-electron chi connectivity index (χ2n) is 7.56. The van der Waals surface area contributed by atoms with E-state index in [0.29, 0.717) is 26.7 Å². The molecule has 33 heavy (non-hydrogen) atoms. The molecule has 0 bridgehead atoms. The van der Waals surface area contributed by atoms with Gasteiger partial charge in [-0.25, -0.2) is 4.98 Å². The lowest BCUT2D eigenvalue weighted by Gasteiger charge is -2.15. The number of hydrogen-bond donors (Lipinski definition) is 2. The van der Waals surface area contributed by atoms with Crippen molar-refractivity contribution < 1.29 is 9.59 Å². The molecule has 0 saturated carbocycles. The molecule has 2 amide bonds. The van der Waals surface area contributed by atoms with Gasteiger partial charge in [-0.1, -0.05) is 35.5 Å². The third-order valence-electron chi connectivity index (χ3n) is 4.84. The van der Waals surface area contributed by atoms with Crippen LogP contribution in [0.2, 0.25) is 0 Å². The average Bonchev–Trinajstić information content (AvgIpc) is 3.22. The molecule has 2 heterocycles. The minimum absolute atomic E-state index is 0.0668. The highest BCUT2D eigenvalue weighted by Gasteiger charge is 2.17. The van der Waals surface area contributed by atoms with E-state index in [2.05, 4.69) is 15.6 Å². The van der Waals surface area contributed by atoms with E-state index in [4.69, 9.17) is 0 Å². The molecule has 9 heteroatoms. The quantitative estimate of drug-likeness (QED) is 0.308. The molecule has 0 saturated heterocycles. The molecule has 4 rings (SSSR count). The molecule has 0 aliphatic carbocycles. The topological polar surface area (TPSA) is 93.1 Å². The molecule has 0 aliphatic rings. The first-order valence-corrected chi connectivity index (χ1v) is 12.1. The Kier molecular flexibility index (Phi) is 6.62. The Labute approximate surface area is 198 Å². The van der Waals surface area contributed by atoms with Crippen LogP contribution in [0.3, 0.4) is 0 Å². The van der Waals surface area contributed by atoms with Crippen LogP contribution in [0.15, 0.2) is 63.9 Å². The number of nitrogens with one attached hydrogen (secondary N) is 2. The van der Waals surface area contributed by atoms with Gasteiger partial charge in [-0.15, -0.1) is 11.3 Å². The number of carbonyl (C=O) groups is 2. The van der Waals surface area contributed by atoms with Gasteiger partial charge in [0.25, 0.3) is 5.56 Å². The van der Waals surface area contributed by atoms with Crippen molar-refractivity contribution in [3.63, 3.8) is 0 Å². The Bertz CT molecular complexity index is 1420. The Hall–Kier alpha value is -3.43. The Morgan fingerprint density at radius 2 is 1.82 bits per heavy atom. The minimum Gasteiger partial charge on any atom is -0.326 e. The minimum atomic E-state index is -0.244. The number of nitrogens with zero attached hydrogens (tertiary/aromatic N) is 2. The lowest BCUT2D eigenvalue weighted by atomic mass is 10.1. The summed E-state index contributed by atoms with van der Waals surface area (Å²) in [6.45, 7) is 5.38. The van der Waals surface area contributed by atoms with Crippen LogP contribution in [-0.4, -0.2) is 27.1 Å². The zero-order chi connectivity index (χ0) is 23.5. The van der Waals surface area contributed by atoms with E-state index in [0.717, 1.165) is 16.8 Å². The first-order valence-electron chi connectivity index (χ1n) is 10.2. The fourth-order valence-corrected chi connectivity index (χ4v) is 5.03. The molecule has 0 atom stereocenters. The summed E-state index contributed by atoms with van der Waals surface area (Å²) < 4.78 is 2.17. The number of aromatic nitrogens is 2. The van der Waals surface area contributed by atoms with Gasteiger partial charge in [0.1, 0.15) is 4.70 Å². The van der Waals surface area contributed by atoms with Crippen molar-refractivity contribution in [1.82, 2.24) is 9.55 Å². The second kappa shape index (κ2) is 9.60. The number of aryl methyl sites for hydroxylation is 2. The Morgan fingerprint density at radius 1 is 1.06 bits per heavy atom. The number of benzene rings is 2. The molecule has 0 aliphatic heterocycles. The summed E-state index contributed by atoms with van der Waals surface area (Å²) in [5.74, 6) is -0.364. The van der Waals surface area contributed by atoms with Crippen LogP contribution in [-0.2, 0) is 9.59 Å². The number of anilines is 2. The average molecular weight is 479 g/mol. The van der Waals surface area contributed by atoms with Crippen molar-refractivity contribution in [2.24, 2.45) is 0 Å². The fourth-order valence-electron chi connectivity index (χ4n) is 3.46. The number of hydrogen-bond acceptors (Lipinski definition) is 6. The lowest BCUT2D eigenvalue weighted by molar-refractivity contribution is -0.114. The van der Waals surface area contributed by atoms with Crippen LogP contribution < -0.4 is 16.2 Å². The van der Waals surface area contributed by atoms with Crippen LogP contribution in [0.4, 0.5) is 11.4 Å². The molecule has 2 N–H and O–H groups in total. The van der Waals surface area contributed by atoms with Crippen molar-refractivity contribution >= 4 is 56.5 Å². The van der Waals surface area contributed by atoms with E-state index < -0.39 is 0 Å². The summed E-state index contributed by atoms with van der Waals surface area (Å²) in [6, 6.07) is 14.6. The normalized spacial score (nSPS) is 10.9. The number of carbonyl (C=O) groups excluding carboxylic acids is 2. The summed E-state index contributed by atoms with van der Waals surface area (Å²) in [6.07, 6.45) is 0. The number of thioether (sulfide) groups is 1. The van der Waals surface area contributed by atoms with Gasteiger partial charge in [-0.3, -0.25) is 19.0 Å². The highest BCUT2D eigenvalue weighted by Crippen LogP contribution is 2.26. The van der Waals surface area contributed by atoms with Crippen molar-refractivity contribution in [2.75, 3.05) is 16.4 Å². The molecule has 0 fully saturated rings. The number of amides is 2. The predicted molar refractivity (Wildman–Crippen MR) is 135 cm³/mol. The number of thiophene rings is 1. The number of fused-ring (bicyclic) bond motifs is 1. The first kappa shape index (κ1) is 22.8. The zero-order valence-electron chi connectivity index (χ0n) is 18.3. The van der Waals surface area contributed by atoms with Crippen molar-refractivity contribution in [1.29, 1.82) is 0 Å². The summed E-state index contributed by atoms with van der Waals surface area (Å²) in [5.41, 5.74) is 4.45. The zero-order valence-corrected chi connectivity index (χ0v) is 20.0. The monoisotopic (exact) mass is 478 g/mol. The Morgan fingerprint density at radius 3 is 2.55 bits per heavy atom. The van der Waals surface area contributed by atoms with Gasteiger partial charge < -0.3 is 10.6 Å². The van der Waals surface area contributed by atoms with Gasteiger partial charge in [0.15, 0.2) is 5.16 Å². The van der Waals surface area contributed by atoms with Crippen molar-refractivity contribution in [3.05, 3.63) is 75.4 Å². The van der Waals surface area contributed by atoms with E-state index in [1.807, 2.05) is 43.5 Å². The maximum atomic E-state index is 13.3. The van der Waals surface area contributed by atoms with Crippen LogP contribution in [0.1, 0.15) is 18.1 Å². The molecular formula is C24H22N4O3S2. The standard InChI is InChI=1S/C24H22N4O3S2/c1-14-7-8-20(15(2)11-14)28-23(31)22-19(9-10-32-22)27-24(28)33-13-21(30)26-18-6-4-5-17(12-18)25-16(3)29/h4-12H,13H2,1-3H3,(H,25,29)(H,26,30). The maximum absolute atomic E-state index is 13.3. The largest absolute Gasteiger partial charge is 0.326 e. The van der Waals surface area contributed by atoms with Gasteiger partial charge in [-0.2, -0.15) is 0 Å². The molecular weight excluding hydrogens is 456 g/mol. The van der Waals surface area contributed by atoms with Crippen molar-refractivity contribution in [2.45, 2.75) is 25.9 Å². The summed E-state index contributed by atoms with van der Waals surface area (Å²) in [7, 11) is 0. The third kappa shape index (κ3) is 5.15. The molecule has 2 aromatic carbocycles. The second-order valence-corrected chi connectivity index (χ2v) is 9.42. The summed E-state index contributed by atoms with van der Waals surface area (Å²) >= 11 is 2.56. The van der Waals surface area contributed by atoms with Crippen LogP contribution in [0, 0.1) is 13.8 Å². The van der Waals surface area contributed by atoms with Gasteiger partial charge >= 0.3 is 0 Å². The van der Waals surface area contributed by atoms with E-state index in [-0.39, 0.29) is 23.1 Å². The van der Waals surface area contributed by atoms with E-state index >= 15 is 0 Å². The predicted octanol–water partition coefficient (Wildman–Crippen LogP) is 4.75. The summed E-state index contributed by atoms with van der Waals surface area (Å²) in [4.78, 5) is 41.9. The van der Waals surface area contributed by atoms with Crippen molar-refractivity contribution in [3.8, 4) is 5.69 Å². The molecule has 2 aromatic heterocycles. The Balaban J connectivity index is 1.60. The highest BCUT2D eigenvalue weighted by molar-refractivity contribution is 7.99. The van der Waals surface area contributed by atoms with Gasteiger partial charge in [0, 0.05) is 18.3 Å². The van der Waals surface area contributed by atoms with E-state index in [1.54, 1.807) is 28.8 Å². The molecule has 4 aromatic rings. The van der Waals surface area contributed by atoms with Gasteiger partial charge in [0.05, 0.1) is 17.0 Å². The van der Waals surface area contributed by atoms with Crippen LogP contribution >= 0.6 is 23.1 Å². The smallest absolute Gasteiger partial charge is 0.276 e. The van der Waals surface area contributed by atoms with E-state index in [1.165, 1.54) is 30.0 Å². The number of rotatable bonds is 6. The molecule has 168 valence electrons.